The Morgan fingerprint density at radius 3 is 2.88 bits per heavy atom. The molecule has 1 N–H and O–H groups in total. The van der Waals surface area contributed by atoms with E-state index in [1.807, 2.05) is 13.0 Å². The number of aryl methyl sites for hydroxylation is 1. The van der Waals surface area contributed by atoms with E-state index in [2.05, 4.69) is 23.7 Å². The van der Waals surface area contributed by atoms with E-state index < -0.39 is 0 Å². The molecule has 0 aliphatic carbocycles. The molecule has 17 heavy (non-hydrogen) atoms. The zero-order valence-electron chi connectivity index (χ0n) is 11.0. The van der Waals surface area contributed by atoms with Crippen LogP contribution in [0, 0.1) is 12.8 Å². The second-order valence-corrected chi connectivity index (χ2v) is 5.45. The van der Waals surface area contributed by atoms with Gasteiger partial charge in [0.2, 0.25) is 5.56 Å². The maximum Gasteiger partial charge on any atom is 0.248 e. The number of pyridine rings is 1. The highest BCUT2D eigenvalue weighted by Crippen LogP contribution is 2.33. The molecule has 3 nitrogen and oxygen atoms in total. The van der Waals surface area contributed by atoms with Gasteiger partial charge < -0.3 is 4.98 Å². The van der Waals surface area contributed by atoms with Crippen LogP contribution in [0.3, 0.4) is 0 Å². The predicted molar refractivity (Wildman–Crippen MR) is 70.2 cm³/mol. The Hall–Kier alpha value is -1.09. The SMILES string of the molecule is Cc1[nH]c(=O)ccc1C1CCCN1CC(C)C. The Kier molecular flexibility index (Phi) is 3.67. The second kappa shape index (κ2) is 5.05. The molecule has 0 spiro atoms. The average Bonchev–Trinajstić information content (AvgIpc) is 2.65. The molecular weight excluding hydrogens is 212 g/mol. The molecule has 1 unspecified atom stereocenters. The largest absolute Gasteiger partial charge is 0.326 e. The standard InChI is InChI=1S/C14H22N2O/c1-10(2)9-16-8-4-5-13(16)12-6-7-14(17)15-11(12)3/h6-7,10,13H,4-5,8-9H2,1-3H3,(H,15,17). The number of H-pyrrole nitrogens is 1. The number of nitrogens with one attached hydrogen (secondary N) is 1. The van der Waals surface area contributed by atoms with Crippen molar-refractivity contribution in [1.82, 2.24) is 9.88 Å². The van der Waals surface area contributed by atoms with Crippen molar-refractivity contribution in [2.75, 3.05) is 13.1 Å². The van der Waals surface area contributed by atoms with Crippen molar-refractivity contribution in [1.29, 1.82) is 0 Å². The van der Waals surface area contributed by atoms with Crippen LogP contribution in [-0.2, 0) is 0 Å². The minimum Gasteiger partial charge on any atom is -0.326 e. The smallest absolute Gasteiger partial charge is 0.248 e. The molecule has 94 valence electrons. The minimum absolute atomic E-state index is 0.000318. The zero-order valence-corrected chi connectivity index (χ0v) is 11.0. The predicted octanol–water partition coefficient (Wildman–Crippen LogP) is 2.48. The maximum atomic E-state index is 11.2. The molecule has 0 aromatic carbocycles. The van der Waals surface area contributed by atoms with Crippen molar-refractivity contribution in [3.8, 4) is 0 Å². The molecule has 1 aliphatic rings. The first kappa shape index (κ1) is 12.4. The van der Waals surface area contributed by atoms with E-state index in [1.165, 1.54) is 24.9 Å². The van der Waals surface area contributed by atoms with Crippen molar-refractivity contribution in [2.24, 2.45) is 5.92 Å². The molecule has 0 saturated carbocycles. The number of hydrogen-bond acceptors (Lipinski definition) is 2. The first-order valence-corrected chi connectivity index (χ1v) is 6.52. The summed E-state index contributed by atoms with van der Waals surface area (Å²) in [6, 6.07) is 4.14. The second-order valence-electron chi connectivity index (χ2n) is 5.45. The third kappa shape index (κ3) is 2.78. The van der Waals surface area contributed by atoms with Gasteiger partial charge in [0.15, 0.2) is 0 Å². The summed E-state index contributed by atoms with van der Waals surface area (Å²) in [5, 5.41) is 0. The lowest BCUT2D eigenvalue weighted by Crippen LogP contribution is -2.28. The van der Waals surface area contributed by atoms with Crippen LogP contribution in [0.25, 0.3) is 0 Å². The minimum atomic E-state index is -0.000318. The van der Waals surface area contributed by atoms with Crippen molar-refractivity contribution in [3.05, 3.63) is 33.7 Å². The highest BCUT2D eigenvalue weighted by atomic mass is 16.1. The van der Waals surface area contributed by atoms with E-state index in [4.69, 9.17) is 0 Å². The molecule has 2 rings (SSSR count). The van der Waals surface area contributed by atoms with E-state index in [9.17, 15) is 4.79 Å². The van der Waals surface area contributed by atoms with Gasteiger partial charge in [-0.25, -0.2) is 0 Å². The highest BCUT2D eigenvalue weighted by molar-refractivity contribution is 5.23. The molecule has 1 aliphatic heterocycles. The van der Waals surface area contributed by atoms with Crippen molar-refractivity contribution in [2.45, 2.75) is 39.7 Å². The lowest BCUT2D eigenvalue weighted by molar-refractivity contribution is 0.228. The maximum absolute atomic E-state index is 11.2. The van der Waals surface area contributed by atoms with Crippen LogP contribution < -0.4 is 5.56 Å². The van der Waals surface area contributed by atoms with Crippen LogP contribution in [0.15, 0.2) is 16.9 Å². The van der Waals surface area contributed by atoms with Gasteiger partial charge in [0.1, 0.15) is 0 Å². The summed E-state index contributed by atoms with van der Waals surface area (Å²) in [4.78, 5) is 16.7. The molecule has 0 amide bonds. The summed E-state index contributed by atoms with van der Waals surface area (Å²) in [6.07, 6.45) is 2.47. The van der Waals surface area contributed by atoms with Crippen LogP contribution in [0.5, 0.6) is 0 Å². The van der Waals surface area contributed by atoms with Gasteiger partial charge in [-0.05, 0) is 37.8 Å². The lowest BCUT2D eigenvalue weighted by atomic mass is 10.0. The van der Waals surface area contributed by atoms with Gasteiger partial charge in [0, 0.05) is 24.3 Å². The highest BCUT2D eigenvalue weighted by Gasteiger charge is 2.27. The molecule has 1 saturated heterocycles. The fourth-order valence-corrected chi connectivity index (χ4v) is 2.82. The van der Waals surface area contributed by atoms with Gasteiger partial charge in [-0.15, -0.1) is 0 Å². The van der Waals surface area contributed by atoms with E-state index in [0.717, 1.165) is 12.2 Å². The fraction of sp³-hybridized carbons (Fsp3) is 0.643. The van der Waals surface area contributed by atoms with Crippen LogP contribution in [0.4, 0.5) is 0 Å². The van der Waals surface area contributed by atoms with Crippen molar-refractivity contribution >= 4 is 0 Å². The van der Waals surface area contributed by atoms with E-state index in [-0.39, 0.29) is 5.56 Å². The molecule has 1 fully saturated rings. The number of likely N-dealkylation sites (tertiary alicyclic amines) is 1. The van der Waals surface area contributed by atoms with Gasteiger partial charge in [0.05, 0.1) is 0 Å². The van der Waals surface area contributed by atoms with Gasteiger partial charge in [0.25, 0.3) is 0 Å². The third-order valence-electron chi connectivity index (χ3n) is 3.48. The molecule has 0 radical (unpaired) electrons. The molecule has 2 heterocycles. The van der Waals surface area contributed by atoms with Gasteiger partial charge in [-0.3, -0.25) is 9.69 Å². The Morgan fingerprint density at radius 1 is 1.47 bits per heavy atom. The summed E-state index contributed by atoms with van der Waals surface area (Å²) in [7, 11) is 0. The van der Waals surface area contributed by atoms with Crippen LogP contribution >= 0.6 is 0 Å². The number of nitrogens with zero attached hydrogens (tertiary/aromatic N) is 1. The first-order valence-electron chi connectivity index (χ1n) is 6.52. The molecule has 3 heteroatoms. The summed E-state index contributed by atoms with van der Waals surface area (Å²) in [6.45, 7) is 8.84. The summed E-state index contributed by atoms with van der Waals surface area (Å²) in [5.74, 6) is 0.693. The van der Waals surface area contributed by atoms with Gasteiger partial charge in [-0.2, -0.15) is 0 Å². The number of rotatable bonds is 3. The van der Waals surface area contributed by atoms with E-state index >= 15 is 0 Å². The number of hydrogen-bond donors (Lipinski definition) is 1. The van der Waals surface area contributed by atoms with E-state index in [0.29, 0.717) is 12.0 Å². The van der Waals surface area contributed by atoms with E-state index in [1.54, 1.807) is 6.07 Å². The first-order chi connectivity index (χ1) is 8.08. The number of aromatic nitrogens is 1. The summed E-state index contributed by atoms with van der Waals surface area (Å²) in [5.41, 5.74) is 2.32. The molecule has 1 aromatic heterocycles. The Bertz CT molecular complexity index is 436. The Labute approximate surface area is 103 Å². The lowest BCUT2D eigenvalue weighted by Gasteiger charge is -2.27. The van der Waals surface area contributed by atoms with Crippen LogP contribution in [-0.4, -0.2) is 23.0 Å². The topological polar surface area (TPSA) is 36.1 Å². The molecule has 1 atom stereocenters. The zero-order chi connectivity index (χ0) is 12.4. The molecular formula is C14H22N2O. The summed E-state index contributed by atoms with van der Waals surface area (Å²) >= 11 is 0. The molecule has 0 bridgehead atoms. The average molecular weight is 234 g/mol. The van der Waals surface area contributed by atoms with Crippen LogP contribution in [0.2, 0.25) is 0 Å². The van der Waals surface area contributed by atoms with Crippen LogP contribution in [0.1, 0.15) is 44.0 Å². The van der Waals surface area contributed by atoms with Crippen molar-refractivity contribution in [3.63, 3.8) is 0 Å². The number of aromatic amines is 1. The quantitative estimate of drug-likeness (QED) is 0.872. The van der Waals surface area contributed by atoms with Gasteiger partial charge in [-0.1, -0.05) is 19.9 Å². The monoisotopic (exact) mass is 234 g/mol. The molecule has 1 aromatic rings. The van der Waals surface area contributed by atoms with Gasteiger partial charge >= 0.3 is 0 Å². The van der Waals surface area contributed by atoms with Crippen molar-refractivity contribution < 1.29 is 0 Å². The third-order valence-corrected chi connectivity index (χ3v) is 3.48. The summed E-state index contributed by atoms with van der Waals surface area (Å²) < 4.78 is 0. The normalized spacial score (nSPS) is 21.3. The fourth-order valence-electron chi connectivity index (χ4n) is 2.82. The Balaban J connectivity index is 2.23. The Morgan fingerprint density at radius 2 is 2.24 bits per heavy atom.